The van der Waals surface area contributed by atoms with Crippen LogP contribution in [0.2, 0.25) is 0 Å². The van der Waals surface area contributed by atoms with E-state index in [0.29, 0.717) is 0 Å². The molecule has 0 atom stereocenters. The van der Waals surface area contributed by atoms with Gasteiger partial charge in [-0.15, -0.1) is 0 Å². The Hall–Kier alpha value is -1.57. The molecule has 0 aliphatic heterocycles. The first-order valence-corrected chi connectivity index (χ1v) is 4.61. The summed E-state index contributed by atoms with van der Waals surface area (Å²) in [6.07, 6.45) is 2.00. The van der Waals surface area contributed by atoms with Gasteiger partial charge in [0.2, 0.25) is 0 Å². The topological polar surface area (TPSA) is 29.1 Å². The van der Waals surface area contributed by atoms with Gasteiger partial charge in [-0.3, -0.25) is 4.79 Å². The summed E-state index contributed by atoms with van der Waals surface area (Å²) in [6.45, 7) is 4.03. The summed E-state index contributed by atoms with van der Waals surface area (Å²) >= 11 is 0. The number of rotatable bonds is 2. The molecule has 1 rings (SSSR count). The number of hydrogen-bond donors (Lipinski definition) is 1. The van der Waals surface area contributed by atoms with E-state index in [4.69, 9.17) is 0 Å². The molecule has 0 aromatic heterocycles. The maximum absolute atomic E-state index is 11.5. The molecule has 74 valence electrons. The first-order chi connectivity index (χ1) is 6.65. The molecule has 2 heteroatoms. The number of nitrogens with one attached hydrogen (secondary N) is 1. The molecule has 14 heavy (non-hydrogen) atoms. The van der Waals surface area contributed by atoms with Gasteiger partial charge in [-0.25, -0.2) is 0 Å². The van der Waals surface area contributed by atoms with Crippen LogP contribution < -0.4 is 5.32 Å². The molecular weight excluding hydrogens is 174 g/mol. The van der Waals surface area contributed by atoms with Crippen molar-refractivity contribution in [1.82, 2.24) is 5.32 Å². The number of carbonyl (C=O) groups is 1. The van der Waals surface area contributed by atoms with Crippen molar-refractivity contribution in [2.24, 2.45) is 0 Å². The minimum absolute atomic E-state index is 0.0434. The molecule has 2 nitrogen and oxygen atoms in total. The van der Waals surface area contributed by atoms with E-state index in [1.807, 2.05) is 44.2 Å². The van der Waals surface area contributed by atoms with Crippen LogP contribution in [-0.4, -0.2) is 13.0 Å². The van der Waals surface area contributed by atoms with Crippen molar-refractivity contribution in [3.8, 4) is 0 Å². The first kappa shape index (κ1) is 10.5. The summed E-state index contributed by atoms with van der Waals surface area (Å²) in [5.74, 6) is -0.0434. The Morgan fingerprint density at radius 3 is 2.50 bits per heavy atom. The molecule has 0 heterocycles. The van der Waals surface area contributed by atoms with Crippen LogP contribution in [0.5, 0.6) is 0 Å². The molecule has 0 spiro atoms. The average Bonchev–Trinajstić information content (AvgIpc) is 2.16. The predicted molar refractivity (Wildman–Crippen MR) is 59.2 cm³/mol. The summed E-state index contributed by atoms with van der Waals surface area (Å²) in [5, 5.41) is 2.63. The van der Waals surface area contributed by atoms with Gasteiger partial charge in [-0.1, -0.05) is 29.8 Å². The molecule has 0 aliphatic rings. The van der Waals surface area contributed by atoms with Gasteiger partial charge in [0.1, 0.15) is 0 Å². The molecule has 0 saturated carbocycles. The Bertz CT molecular complexity index is 362. The predicted octanol–water partition coefficient (Wildman–Crippen LogP) is 2.47. The van der Waals surface area contributed by atoms with Crippen molar-refractivity contribution in [3.63, 3.8) is 0 Å². The lowest BCUT2D eigenvalue weighted by Gasteiger charge is -2.04. The average molecular weight is 189 g/mol. The second-order valence-electron chi connectivity index (χ2n) is 3.39. The summed E-state index contributed by atoms with van der Waals surface area (Å²) in [6, 6.07) is 7.57. The fraction of sp³-hybridized carbons (Fsp3) is 0.250. The van der Waals surface area contributed by atoms with Gasteiger partial charge in [-0.05, 0) is 25.5 Å². The third-order valence-corrected chi connectivity index (χ3v) is 1.88. The fourth-order valence-electron chi connectivity index (χ4n) is 1.28. The van der Waals surface area contributed by atoms with E-state index in [0.717, 1.165) is 11.1 Å². The monoisotopic (exact) mass is 189 g/mol. The Labute approximate surface area is 84.6 Å². The SMILES string of the molecule is CNC(=O)c1ccccc1C=C(C)C. The minimum atomic E-state index is -0.0434. The summed E-state index contributed by atoms with van der Waals surface area (Å²) < 4.78 is 0. The summed E-state index contributed by atoms with van der Waals surface area (Å²) in [5.41, 5.74) is 2.87. The highest BCUT2D eigenvalue weighted by Gasteiger charge is 2.06. The highest BCUT2D eigenvalue weighted by Crippen LogP contribution is 2.12. The zero-order chi connectivity index (χ0) is 10.6. The van der Waals surface area contributed by atoms with Crippen molar-refractivity contribution in [2.45, 2.75) is 13.8 Å². The zero-order valence-corrected chi connectivity index (χ0v) is 8.79. The molecule has 1 aromatic rings. The Kier molecular flexibility index (Phi) is 3.46. The highest BCUT2D eigenvalue weighted by atomic mass is 16.1. The van der Waals surface area contributed by atoms with E-state index in [2.05, 4.69) is 5.32 Å². The van der Waals surface area contributed by atoms with E-state index in [1.165, 1.54) is 5.57 Å². The van der Waals surface area contributed by atoms with Crippen LogP contribution in [0.3, 0.4) is 0 Å². The van der Waals surface area contributed by atoms with Gasteiger partial charge in [0.15, 0.2) is 0 Å². The molecule has 0 radical (unpaired) electrons. The van der Waals surface area contributed by atoms with Crippen LogP contribution in [0, 0.1) is 0 Å². The summed E-state index contributed by atoms with van der Waals surface area (Å²) in [4.78, 5) is 11.5. The largest absolute Gasteiger partial charge is 0.355 e. The number of hydrogen-bond acceptors (Lipinski definition) is 1. The van der Waals surface area contributed by atoms with Crippen LogP contribution in [0.25, 0.3) is 6.08 Å². The van der Waals surface area contributed by atoms with Crippen LogP contribution >= 0.6 is 0 Å². The minimum Gasteiger partial charge on any atom is -0.355 e. The zero-order valence-electron chi connectivity index (χ0n) is 8.79. The second kappa shape index (κ2) is 4.61. The molecule has 0 bridgehead atoms. The number of allylic oxidation sites excluding steroid dienone is 1. The molecule has 0 unspecified atom stereocenters. The smallest absolute Gasteiger partial charge is 0.251 e. The third-order valence-electron chi connectivity index (χ3n) is 1.88. The van der Waals surface area contributed by atoms with Crippen LogP contribution in [0.15, 0.2) is 29.8 Å². The van der Waals surface area contributed by atoms with Gasteiger partial charge in [-0.2, -0.15) is 0 Å². The lowest BCUT2D eigenvalue weighted by Crippen LogP contribution is -2.18. The number of benzene rings is 1. The molecule has 0 aliphatic carbocycles. The van der Waals surface area contributed by atoms with E-state index in [-0.39, 0.29) is 5.91 Å². The van der Waals surface area contributed by atoms with Crippen LogP contribution in [-0.2, 0) is 0 Å². The molecule has 1 amide bonds. The van der Waals surface area contributed by atoms with Crippen molar-refractivity contribution in [1.29, 1.82) is 0 Å². The van der Waals surface area contributed by atoms with Crippen molar-refractivity contribution in [3.05, 3.63) is 41.0 Å². The normalized spacial score (nSPS) is 9.36. The maximum Gasteiger partial charge on any atom is 0.251 e. The Balaban J connectivity index is 3.16. The third kappa shape index (κ3) is 2.46. The number of carbonyl (C=O) groups excluding carboxylic acids is 1. The van der Waals surface area contributed by atoms with Gasteiger partial charge in [0.25, 0.3) is 5.91 Å². The molecule has 0 saturated heterocycles. The second-order valence-corrected chi connectivity index (χ2v) is 3.39. The van der Waals surface area contributed by atoms with Crippen LogP contribution in [0.1, 0.15) is 29.8 Å². The Morgan fingerprint density at radius 1 is 1.29 bits per heavy atom. The van der Waals surface area contributed by atoms with Gasteiger partial charge < -0.3 is 5.32 Å². The van der Waals surface area contributed by atoms with Gasteiger partial charge >= 0.3 is 0 Å². The van der Waals surface area contributed by atoms with Crippen LogP contribution in [0.4, 0.5) is 0 Å². The van der Waals surface area contributed by atoms with Crippen molar-refractivity contribution < 1.29 is 4.79 Å². The Morgan fingerprint density at radius 2 is 1.93 bits per heavy atom. The molecule has 1 aromatic carbocycles. The molecule has 1 N–H and O–H groups in total. The van der Waals surface area contributed by atoms with E-state index in [9.17, 15) is 4.79 Å². The maximum atomic E-state index is 11.5. The standard InChI is InChI=1S/C12H15NO/c1-9(2)8-10-6-4-5-7-11(10)12(14)13-3/h4-8H,1-3H3,(H,13,14). The fourth-order valence-corrected chi connectivity index (χ4v) is 1.28. The lowest BCUT2D eigenvalue weighted by atomic mass is 10.0. The lowest BCUT2D eigenvalue weighted by molar-refractivity contribution is 0.0963. The van der Waals surface area contributed by atoms with Gasteiger partial charge in [0.05, 0.1) is 0 Å². The summed E-state index contributed by atoms with van der Waals surface area (Å²) in [7, 11) is 1.64. The first-order valence-electron chi connectivity index (χ1n) is 4.61. The van der Waals surface area contributed by atoms with E-state index >= 15 is 0 Å². The van der Waals surface area contributed by atoms with Crippen molar-refractivity contribution >= 4 is 12.0 Å². The molecule has 0 fully saturated rings. The highest BCUT2D eigenvalue weighted by molar-refractivity contribution is 5.97. The number of amides is 1. The van der Waals surface area contributed by atoms with Crippen molar-refractivity contribution in [2.75, 3.05) is 7.05 Å². The van der Waals surface area contributed by atoms with E-state index < -0.39 is 0 Å². The quantitative estimate of drug-likeness (QED) is 0.760. The van der Waals surface area contributed by atoms with E-state index in [1.54, 1.807) is 7.05 Å². The van der Waals surface area contributed by atoms with Gasteiger partial charge in [0, 0.05) is 12.6 Å². The molecular formula is C12H15NO.